The molecule has 2 aromatic rings. The molecule has 1 aromatic heterocycles. The monoisotopic (exact) mass is 220 g/mol. The Bertz CT molecular complexity index is 456. The van der Waals surface area contributed by atoms with Crippen molar-refractivity contribution in [1.82, 2.24) is 9.97 Å². The van der Waals surface area contributed by atoms with Crippen LogP contribution in [0.15, 0.2) is 36.5 Å². The molecule has 0 bridgehead atoms. The molecule has 0 aliphatic rings. The maximum Gasteiger partial charge on any atom is 0.222 e. The lowest BCUT2D eigenvalue weighted by atomic mass is 10.1. The van der Waals surface area contributed by atoms with E-state index in [2.05, 4.69) is 9.97 Å². The van der Waals surface area contributed by atoms with Crippen molar-refractivity contribution in [3.63, 3.8) is 0 Å². The summed E-state index contributed by atoms with van der Waals surface area (Å²) in [6.07, 6.45) is 2.31. The van der Waals surface area contributed by atoms with Crippen molar-refractivity contribution in [2.75, 3.05) is 0 Å². The van der Waals surface area contributed by atoms with Crippen LogP contribution in [0.1, 0.15) is 11.3 Å². The van der Waals surface area contributed by atoms with Crippen LogP contribution in [0.2, 0.25) is 5.28 Å². The zero-order valence-electron chi connectivity index (χ0n) is 7.89. The zero-order chi connectivity index (χ0) is 10.7. The molecule has 3 nitrogen and oxygen atoms in total. The van der Waals surface area contributed by atoms with E-state index >= 15 is 0 Å². The smallest absolute Gasteiger partial charge is 0.222 e. The molecule has 4 heteroatoms. The second-order valence-electron chi connectivity index (χ2n) is 3.16. The van der Waals surface area contributed by atoms with Gasteiger partial charge in [-0.3, -0.25) is 0 Å². The molecule has 0 radical (unpaired) electrons. The van der Waals surface area contributed by atoms with Gasteiger partial charge < -0.3 is 5.11 Å². The highest BCUT2D eigenvalue weighted by molar-refractivity contribution is 6.28. The van der Waals surface area contributed by atoms with Crippen LogP contribution in [-0.2, 0) is 6.42 Å². The number of aromatic nitrogens is 2. The van der Waals surface area contributed by atoms with Crippen molar-refractivity contribution in [2.45, 2.75) is 6.42 Å². The average Bonchev–Trinajstić information content (AvgIpc) is 2.22. The number of hydrogen-bond acceptors (Lipinski definition) is 3. The Labute approximate surface area is 92.4 Å². The molecule has 0 saturated heterocycles. The fourth-order valence-electron chi connectivity index (χ4n) is 1.29. The highest BCUT2D eigenvalue weighted by atomic mass is 35.5. The molecular weight excluding hydrogens is 212 g/mol. The van der Waals surface area contributed by atoms with Gasteiger partial charge in [0.2, 0.25) is 5.28 Å². The van der Waals surface area contributed by atoms with Gasteiger partial charge in [-0.2, -0.15) is 0 Å². The summed E-state index contributed by atoms with van der Waals surface area (Å²) in [6.45, 7) is 0. The third kappa shape index (κ3) is 2.67. The predicted octanol–water partition coefficient (Wildman–Crippen LogP) is 2.43. The van der Waals surface area contributed by atoms with Crippen LogP contribution in [-0.4, -0.2) is 15.1 Å². The molecule has 0 fully saturated rings. The standard InChI is InChI=1S/C11H9ClN2O/c12-11-13-6-5-9(14-11)7-8-1-3-10(15)4-2-8/h1-6,15H,7H2. The molecule has 2 rings (SSSR count). The minimum Gasteiger partial charge on any atom is -0.508 e. The van der Waals surface area contributed by atoms with Gasteiger partial charge in [0.05, 0.1) is 0 Å². The Morgan fingerprint density at radius 2 is 1.87 bits per heavy atom. The Morgan fingerprint density at radius 1 is 1.13 bits per heavy atom. The van der Waals surface area contributed by atoms with Gasteiger partial charge in [0.15, 0.2) is 0 Å². The van der Waals surface area contributed by atoms with Crippen molar-refractivity contribution in [1.29, 1.82) is 0 Å². The molecule has 0 unspecified atom stereocenters. The molecule has 1 N–H and O–H groups in total. The van der Waals surface area contributed by atoms with Gasteiger partial charge in [0.25, 0.3) is 0 Å². The molecule has 1 aromatic carbocycles. The van der Waals surface area contributed by atoms with Crippen molar-refractivity contribution in [3.8, 4) is 5.75 Å². The summed E-state index contributed by atoms with van der Waals surface area (Å²) in [4.78, 5) is 7.89. The maximum atomic E-state index is 9.12. The number of aromatic hydroxyl groups is 1. The molecule has 0 amide bonds. The van der Waals surface area contributed by atoms with Crippen molar-refractivity contribution in [3.05, 3.63) is 53.1 Å². The molecule has 76 valence electrons. The minimum atomic E-state index is 0.256. The van der Waals surface area contributed by atoms with Crippen molar-refractivity contribution < 1.29 is 5.11 Å². The molecule has 1 heterocycles. The second-order valence-corrected chi connectivity index (χ2v) is 3.50. The molecule has 15 heavy (non-hydrogen) atoms. The number of phenols is 1. The highest BCUT2D eigenvalue weighted by Crippen LogP contribution is 2.13. The second kappa shape index (κ2) is 4.28. The lowest BCUT2D eigenvalue weighted by Crippen LogP contribution is -1.93. The first kappa shape index (κ1) is 9.93. The quantitative estimate of drug-likeness (QED) is 0.791. The van der Waals surface area contributed by atoms with Crippen molar-refractivity contribution >= 4 is 11.6 Å². The summed E-state index contributed by atoms with van der Waals surface area (Å²) in [5, 5.41) is 9.38. The Hall–Kier alpha value is -1.61. The molecule has 0 aliphatic heterocycles. The highest BCUT2D eigenvalue weighted by Gasteiger charge is 1.99. The van der Waals surface area contributed by atoms with Crippen molar-refractivity contribution in [2.24, 2.45) is 0 Å². The number of phenolic OH excluding ortho intramolecular Hbond substituents is 1. The van der Waals surface area contributed by atoms with E-state index in [-0.39, 0.29) is 11.0 Å². The van der Waals surface area contributed by atoms with Crippen LogP contribution in [0, 0.1) is 0 Å². The maximum absolute atomic E-state index is 9.12. The van der Waals surface area contributed by atoms with Gasteiger partial charge in [-0.05, 0) is 35.4 Å². The summed E-state index contributed by atoms with van der Waals surface area (Å²) < 4.78 is 0. The average molecular weight is 221 g/mol. The molecule has 0 atom stereocenters. The molecule has 0 aliphatic carbocycles. The van der Waals surface area contributed by atoms with Crippen LogP contribution < -0.4 is 0 Å². The van der Waals surface area contributed by atoms with Crippen LogP contribution >= 0.6 is 11.6 Å². The zero-order valence-corrected chi connectivity index (χ0v) is 8.65. The summed E-state index contributed by atoms with van der Waals surface area (Å²) >= 11 is 5.67. The van der Waals surface area contributed by atoms with Gasteiger partial charge in [-0.15, -0.1) is 0 Å². The Balaban J connectivity index is 2.18. The first-order valence-electron chi connectivity index (χ1n) is 4.49. The van der Waals surface area contributed by atoms with E-state index in [1.54, 1.807) is 18.3 Å². The largest absolute Gasteiger partial charge is 0.508 e. The van der Waals surface area contributed by atoms with Crippen LogP contribution in [0.25, 0.3) is 0 Å². The lowest BCUT2D eigenvalue weighted by Gasteiger charge is -2.01. The van der Waals surface area contributed by atoms with Gasteiger partial charge in [0.1, 0.15) is 5.75 Å². The molecule has 0 saturated carbocycles. The fraction of sp³-hybridized carbons (Fsp3) is 0.0909. The number of hydrogen-bond donors (Lipinski definition) is 1. The lowest BCUT2D eigenvalue weighted by molar-refractivity contribution is 0.475. The SMILES string of the molecule is Oc1ccc(Cc2ccnc(Cl)n2)cc1. The predicted molar refractivity (Wildman–Crippen MR) is 58.0 cm³/mol. The van der Waals surface area contributed by atoms with Crippen LogP contribution in [0.4, 0.5) is 0 Å². The third-order valence-corrected chi connectivity index (χ3v) is 2.19. The molecular formula is C11H9ClN2O. The van der Waals surface area contributed by atoms with E-state index in [1.165, 1.54) is 0 Å². The first-order chi connectivity index (χ1) is 7.24. The summed E-state index contributed by atoms with van der Waals surface area (Å²) in [5.74, 6) is 0.263. The van der Waals surface area contributed by atoms with Gasteiger partial charge in [-0.25, -0.2) is 9.97 Å². The summed E-state index contributed by atoms with van der Waals surface area (Å²) in [6, 6.07) is 8.83. The number of benzene rings is 1. The van der Waals surface area contributed by atoms with E-state index in [0.29, 0.717) is 6.42 Å². The first-order valence-corrected chi connectivity index (χ1v) is 4.87. The van der Waals surface area contributed by atoms with E-state index in [4.69, 9.17) is 16.7 Å². The topological polar surface area (TPSA) is 46.0 Å². The number of rotatable bonds is 2. The van der Waals surface area contributed by atoms with Gasteiger partial charge in [-0.1, -0.05) is 12.1 Å². The number of nitrogens with zero attached hydrogens (tertiary/aromatic N) is 2. The van der Waals surface area contributed by atoms with Crippen LogP contribution in [0.3, 0.4) is 0 Å². The Morgan fingerprint density at radius 3 is 2.53 bits per heavy atom. The van der Waals surface area contributed by atoms with E-state index < -0.39 is 0 Å². The normalized spacial score (nSPS) is 10.2. The Kier molecular flexibility index (Phi) is 2.83. The minimum absolute atomic E-state index is 0.256. The third-order valence-electron chi connectivity index (χ3n) is 2.01. The summed E-state index contributed by atoms with van der Waals surface area (Å²) in [7, 11) is 0. The van der Waals surface area contributed by atoms with Gasteiger partial charge >= 0.3 is 0 Å². The number of halogens is 1. The summed E-state index contributed by atoms with van der Waals surface area (Å²) in [5.41, 5.74) is 1.93. The molecule has 0 spiro atoms. The van der Waals surface area contributed by atoms with E-state index in [0.717, 1.165) is 11.3 Å². The van der Waals surface area contributed by atoms with E-state index in [1.807, 2.05) is 18.2 Å². The van der Waals surface area contributed by atoms with Crippen LogP contribution in [0.5, 0.6) is 5.75 Å². The van der Waals surface area contributed by atoms with Gasteiger partial charge in [0, 0.05) is 18.3 Å². The van der Waals surface area contributed by atoms with E-state index in [9.17, 15) is 0 Å². The fourth-order valence-corrected chi connectivity index (χ4v) is 1.46.